The summed E-state index contributed by atoms with van der Waals surface area (Å²) in [5.41, 5.74) is 5.23. The Bertz CT molecular complexity index is 1340. The van der Waals surface area contributed by atoms with Gasteiger partial charge in [0.15, 0.2) is 12.3 Å². The number of nitrogens with two attached hydrogens (primary N) is 1. The minimum absolute atomic E-state index is 0.0410. The first-order valence-electron chi connectivity index (χ1n) is 11.9. The molecule has 1 aliphatic rings. The van der Waals surface area contributed by atoms with E-state index in [-0.39, 0.29) is 29.9 Å². The predicted octanol–water partition coefficient (Wildman–Crippen LogP) is 2.47. The Labute approximate surface area is 206 Å². The molecule has 1 aliphatic carbocycles. The minimum atomic E-state index is -0.782. The second-order valence-corrected chi connectivity index (χ2v) is 8.64. The summed E-state index contributed by atoms with van der Waals surface area (Å²) in [5.74, 6) is 0.109. The lowest BCUT2D eigenvalue weighted by Crippen LogP contribution is -2.42. The Morgan fingerprint density at radius 3 is 2.75 bits per heavy atom. The summed E-state index contributed by atoms with van der Waals surface area (Å²) in [7, 11) is 0. The molecule has 190 valence electrons. The van der Waals surface area contributed by atoms with Crippen LogP contribution in [0.25, 0.3) is 0 Å². The molecule has 0 bridgehead atoms. The topological polar surface area (TPSA) is 153 Å². The summed E-state index contributed by atoms with van der Waals surface area (Å²) in [6, 6.07) is 10.0. The molecule has 11 heteroatoms. The number of ether oxygens (including phenoxy) is 1. The van der Waals surface area contributed by atoms with E-state index in [1.54, 1.807) is 36.4 Å². The number of unbranched alkanes of at least 4 members (excludes halogenated alkanes) is 1. The quantitative estimate of drug-likeness (QED) is 0.369. The van der Waals surface area contributed by atoms with E-state index in [9.17, 15) is 19.2 Å². The monoisotopic (exact) mass is 495 g/mol. The summed E-state index contributed by atoms with van der Waals surface area (Å²) in [4.78, 5) is 53.9. The Hall–Kier alpha value is -4.28. The highest BCUT2D eigenvalue weighted by Gasteiger charge is 2.29. The molecule has 4 N–H and O–H groups in total. The van der Waals surface area contributed by atoms with E-state index in [1.165, 1.54) is 10.8 Å². The summed E-state index contributed by atoms with van der Waals surface area (Å²) >= 11 is 0. The number of anilines is 3. The number of H-pyrrole nitrogens is 1. The molecule has 2 amide bonds. The van der Waals surface area contributed by atoms with Crippen molar-refractivity contribution in [3.05, 3.63) is 69.3 Å². The van der Waals surface area contributed by atoms with Crippen molar-refractivity contribution in [3.8, 4) is 5.75 Å². The second kappa shape index (κ2) is 11.0. The first-order chi connectivity index (χ1) is 17.4. The molecule has 2 aromatic heterocycles. The van der Waals surface area contributed by atoms with Crippen LogP contribution in [0.1, 0.15) is 38.4 Å². The number of hydrogen-bond acceptors (Lipinski definition) is 7. The molecule has 1 aromatic carbocycles. The van der Waals surface area contributed by atoms with Crippen LogP contribution in [-0.2, 0) is 22.7 Å². The van der Waals surface area contributed by atoms with Gasteiger partial charge in [0.05, 0.1) is 12.8 Å². The van der Waals surface area contributed by atoms with Crippen LogP contribution in [0.3, 0.4) is 0 Å². The number of furan rings is 1. The molecule has 0 saturated heterocycles. The van der Waals surface area contributed by atoms with Crippen LogP contribution in [-0.4, -0.2) is 28.0 Å². The molecule has 2 heterocycles. The van der Waals surface area contributed by atoms with Crippen molar-refractivity contribution in [2.24, 2.45) is 5.92 Å². The lowest BCUT2D eigenvalue weighted by atomic mass is 10.2. The summed E-state index contributed by atoms with van der Waals surface area (Å²) < 4.78 is 12.3. The van der Waals surface area contributed by atoms with Gasteiger partial charge >= 0.3 is 5.69 Å². The molecule has 0 unspecified atom stereocenters. The number of amides is 2. The van der Waals surface area contributed by atoms with Crippen LogP contribution >= 0.6 is 0 Å². The van der Waals surface area contributed by atoms with E-state index in [0.29, 0.717) is 30.2 Å². The van der Waals surface area contributed by atoms with Crippen LogP contribution in [0, 0.1) is 5.92 Å². The number of rotatable bonds is 11. The zero-order chi connectivity index (χ0) is 25.7. The SMILES string of the molecule is CCCCn1c(N)c(N(Cc2ccco2)C(=O)COc2cccc(NC(=O)C3CC3)c2)c(=O)[nH]c1=O. The van der Waals surface area contributed by atoms with Gasteiger partial charge in [-0.15, -0.1) is 0 Å². The van der Waals surface area contributed by atoms with Gasteiger partial charge in [-0.25, -0.2) is 4.79 Å². The summed E-state index contributed by atoms with van der Waals surface area (Å²) in [6.07, 6.45) is 4.69. The number of nitrogens with one attached hydrogen (secondary N) is 2. The highest BCUT2D eigenvalue weighted by atomic mass is 16.5. The Kier molecular flexibility index (Phi) is 7.57. The number of nitrogens with zero attached hydrogens (tertiary/aromatic N) is 2. The maximum Gasteiger partial charge on any atom is 0.330 e. The molecule has 1 saturated carbocycles. The van der Waals surface area contributed by atoms with E-state index < -0.39 is 23.8 Å². The Morgan fingerprint density at radius 2 is 2.06 bits per heavy atom. The third kappa shape index (κ3) is 5.85. The molecule has 36 heavy (non-hydrogen) atoms. The lowest BCUT2D eigenvalue weighted by molar-refractivity contribution is -0.121. The number of benzene rings is 1. The number of carbonyl (C=O) groups is 2. The zero-order valence-corrected chi connectivity index (χ0v) is 20.0. The van der Waals surface area contributed by atoms with Crippen molar-refractivity contribution in [2.75, 3.05) is 22.6 Å². The van der Waals surface area contributed by atoms with Crippen molar-refractivity contribution in [1.82, 2.24) is 9.55 Å². The fourth-order valence-corrected chi connectivity index (χ4v) is 3.70. The van der Waals surface area contributed by atoms with Gasteiger partial charge in [-0.1, -0.05) is 19.4 Å². The van der Waals surface area contributed by atoms with Crippen molar-refractivity contribution in [1.29, 1.82) is 0 Å². The normalized spacial score (nSPS) is 12.8. The number of nitrogen functional groups attached to an aromatic ring is 1. The molecule has 3 aromatic rings. The van der Waals surface area contributed by atoms with E-state index in [1.807, 2.05) is 6.92 Å². The summed E-state index contributed by atoms with van der Waals surface area (Å²) in [5, 5.41) is 2.83. The van der Waals surface area contributed by atoms with Gasteiger partial charge in [0.25, 0.3) is 11.5 Å². The zero-order valence-electron chi connectivity index (χ0n) is 20.0. The van der Waals surface area contributed by atoms with Gasteiger partial charge in [0.2, 0.25) is 5.91 Å². The maximum atomic E-state index is 13.3. The molecule has 1 fully saturated rings. The molecule has 0 radical (unpaired) electrons. The van der Waals surface area contributed by atoms with E-state index >= 15 is 0 Å². The smallest absolute Gasteiger partial charge is 0.330 e. The molecule has 0 aliphatic heterocycles. The van der Waals surface area contributed by atoms with Gasteiger partial charge in [-0.2, -0.15) is 0 Å². The van der Waals surface area contributed by atoms with Crippen LogP contribution < -0.4 is 31.9 Å². The van der Waals surface area contributed by atoms with E-state index in [0.717, 1.165) is 24.2 Å². The molecule has 11 nitrogen and oxygen atoms in total. The number of carbonyl (C=O) groups excluding carboxylic acids is 2. The van der Waals surface area contributed by atoms with E-state index in [2.05, 4.69) is 10.3 Å². The van der Waals surface area contributed by atoms with Crippen LogP contribution in [0.4, 0.5) is 17.2 Å². The fourth-order valence-electron chi connectivity index (χ4n) is 3.70. The number of hydrogen-bond donors (Lipinski definition) is 3. The lowest BCUT2D eigenvalue weighted by Gasteiger charge is -2.24. The molecular formula is C25H29N5O6. The highest BCUT2D eigenvalue weighted by molar-refractivity contribution is 5.96. The first-order valence-corrected chi connectivity index (χ1v) is 11.9. The van der Waals surface area contributed by atoms with Crippen molar-refractivity contribution < 1.29 is 18.7 Å². The second-order valence-electron chi connectivity index (χ2n) is 8.64. The van der Waals surface area contributed by atoms with Crippen LogP contribution in [0.15, 0.2) is 56.7 Å². The molecule has 0 spiro atoms. The van der Waals surface area contributed by atoms with Gasteiger partial charge < -0.3 is 20.2 Å². The maximum absolute atomic E-state index is 13.3. The number of aromatic nitrogens is 2. The molecule has 4 rings (SSSR count). The van der Waals surface area contributed by atoms with Gasteiger partial charge in [0.1, 0.15) is 17.3 Å². The van der Waals surface area contributed by atoms with Crippen LogP contribution in [0.5, 0.6) is 5.75 Å². The first kappa shape index (κ1) is 24.8. The average molecular weight is 496 g/mol. The van der Waals surface area contributed by atoms with Crippen LogP contribution in [0.2, 0.25) is 0 Å². The Balaban J connectivity index is 1.57. The minimum Gasteiger partial charge on any atom is -0.484 e. The van der Waals surface area contributed by atoms with Crippen molar-refractivity contribution >= 4 is 29.0 Å². The largest absolute Gasteiger partial charge is 0.484 e. The predicted molar refractivity (Wildman–Crippen MR) is 134 cm³/mol. The standard InChI is InChI=1S/C25H29N5O6/c1-2-3-11-29-22(26)21(24(33)28-25(29)34)30(14-19-8-5-12-35-19)20(31)15-36-18-7-4-6-17(13-18)27-23(32)16-9-10-16/h4-8,12-13,16H,2-3,9-11,14-15,26H2,1H3,(H,27,32)(H,28,33,34). The number of aromatic amines is 1. The highest BCUT2D eigenvalue weighted by Crippen LogP contribution is 2.30. The Morgan fingerprint density at radius 1 is 1.25 bits per heavy atom. The van der Waals surface area contributed by atoms with E-state index in [4.69, 9.17) is 14.9 Å². The van der Waals surface area contributed by atoms with Gasteiger partial charge in [-0.05, 0) is 43.5 Å². The van der Waals surface area contributed by atoms with Crippen molar-refractivity contribution in [3.63, 3.8) is 0 Å². The van der Waals surface area contributed by atoms with Gasteiger partial charge in [0, 0.05) is 24.2 Å². The molecule has 0 atom stereocenters. The average Bonchev–Trinajstić information content (AvgIpc) is 3.58. The third-order valence-electron chi connectivity index (χ3n) is 5.83. The third-order valence-corrected chi connectivity index (χ3v) is 5.83. The van der Waals surface area contributed by atoms with Gasteiger partial charge in [-0.3, -0.25) is 28.8 Å². The summed E-state index contributed by atoms with van der Waals surface area (Å²) in [6.45, 7) is 1.74. The van der Waals surface area contributed by atoms with Crippen molar-refractivity contribution in [2.45, 2.75) is 45.7 Å². The fraction of sp³-hybridized carbons (Fsp3) is 0.360. The molecular weight excluding hydrogens is 466 g/mol.